The van der Waals surface area contributed by atoms with E-state index in [1.165, 1.54) is 6.42 Å². The van der Waals surface area contributed by atoms with Crippen LogP contribution in [0.4, 0.5) is 5.69 Å². The van der Waals surface area contributed by atoms with Crippen LogP contribution in [-0.2, 0) is 4.79 Å². The van der Waals surface area contributed by atoms with E-state index in [-0.39, 0.29) is 17.4 Å². The Morgan fingerprint density at radius 3 is 2.53 bits per heavy atom. The average Bonchev–Trinajstić information content (AvgIpc) is 2.39. The number of anilines is 1. The summed E-state index contributed by atoms with van der Waals surface area (Å²) in [6.07, 6.45) is 5.09. The van der Waals surface area contributed by atoms with Crippen LogP contribution in [-0.4, -0.2) is 11.9 Å². The molecule has 2 rings (SSSR count). The van der Waals surface area contributed by atoms with Gasteiger partial charge < -0.3 is 15.2 Å². The van der Waals surface area contributed by atoms with Gasteiger partial charge in [-0.3, -0.25) is 4.79 Å². The van der Waals surface area contributed by atoms with Crippen LogP contribution in [0.1, 0.15) is 48.0 Å². The number of amides is 1. The lowest BCUT2D eigenvalue weighted by Gasteiger charge is -2.22. The molecule has 1 saturated carbocycles. The Labute approximate surface area is 112 Å². The highest BCUT2D eigenvalue weighted by Crippen LogP contribution is 2.26. The first-order valence-electron chi connectivity index (χ1n) is 6.71. The third kappa shape index (κ3) is 3.13. The maximum atomic E-state index is 12.1. The van der Waals surface area contributed by atoms with E-state index >= 15 is 0 Å². The lowest BCUT2D eigenvalue weighted by molar-refractivity contribution is -0.254. The summed E-state index contributed by atoms with van der Waals surface area (Å²) >= 11 is 0. The van der Waals surface area contributed by atoms with Gasteiger partial charge in [-0.1, -0.05) is 31.4 Å². The van der Waals surface area contributed by atoms with E-state index in [1.54, 1.807) is 25.1 Å². The fraction of sp³-hybridized carbons (Fsp3) is 0.467. The minimum atomic E-state index is -1.25. The first-order valence-corrected chi connectivity index (χ1v) is 6.71. The summed E-state index contributed by atoms with van der Waals surface area (Å²) in [4.78, 5) is 23.3. The first kappa shape index (κ1) is 13.6. The van der Waals surface area contributed by atoms with Crippen LogP contribution in [0.3, 0.4) is 0 Å². The molecule has 4 heteroatoms. The lowest BCUT2D eigenvalue weighted by atomic mass is 9.88. The van der Waals surface area contributed by atoms with E-state index in [9.17, 15) is 14.7 Å². The van der Waals surface area contributed by atoms with Crippen LogP contribution in [0.5, 0.6) is 0 Å². The number of carbonyl (C=O) groups is 2. The molecule has 1 aliphatic carbocycles. The average molecular weight is 260 g/mol. The summed E-state index contributed by atoms with van der Waals surface area (Å²) in [6.45, 7) is 1.70. The molecule has 1 N–H and O–H groups in total. The van der Waals surface area contributed by atoms with E-state index in [0.717, 1.165) is 25.7 Å². The number of carboxylic acid groups (broad SMARTS) is 1. The Morgan fingerprint density at radius 2 is 1.89 bits per heavy atom. The number of rotatable bonds is 3. The molecular weight excluding hydrogens is 242 g/mol. The number of aromatic carboxylic acids is 1. The molecule has 0 spiro atoms. The summed E-state index contributed by atoms with van der Waals surface area (Å²) < 4.78 is 0. The van der Waals surface area contributed by atoms with Gasteiger partial charge in [-0.05, 0) is 31.4 Å². The molecule has 0 saturated heterocycles. The Bertz CT molecular complexity index is 490. The second kappa shape index (κ2) is 5.87. The van der Waals surface area contributed by atoms with Gasteiger partial charge in [0.05, 0.1) is 11.7 Å². The summed E-state index contributed by atoms with van der Waals surface area (Å²) in [6, 6.07) is 5.04. The maximum absolute atomic E-state index is 12.1. The van der Waals surface area contributed by atoms with Gasteiger partial charge in [0.15, 0.2) is 0 Å². The summed E-state index contributed by atoms with van der Waals surface area (Å²) in [5, 5.41) is 13.9. The van der Waals surface area contributed by atoms with Gasteiger partial charge in [-0.25, -0.2) is 0 Å². The zero-order chi connectivity index (χ0) is 13.8. The van der Waals surface area contributed by atoms with Crippen LogP contribution in [0.2, 0.25) is 0 Å². The Hall–Kier alpha value is -1.84. The SMILES string of the molecule is Cc1cccc(NC(=O)C2CCCCC2)c1C(=O)[O-]. The van der Waals surface area contributed by atoms with Gasteiger partial charge in [0, 0.05) is 11.5 Å². The van der Waals surface area contributed by atoms with Crippen molar-refractivity contribution in [1.82, 2.24) is 0 Å². The quantitative estimate of drug-likeness (QED) is 0.902. The van der Waals surface area contributed by atoms with E-state index in [0.29, 0.717) is 11.3 Å². The van der Waals surface area contributed by atoms with Crippen LogP contribution >= 0.6 is 0 Å². The van der Waals surface area contributed by atoms with Crippen molar-refractivity contribution >= 4 is 17.6 Å². The number of carbonyl (C=O) groups excluding carboxylic acids is 2. The molecule has 0 bridgehead atoms. The molecule has 1 amide bonds. The molecule has 0 aliphatic heterocycles. The molecular formula is C15H18NO3-. The van der Waals surface area contributed by atoms with Gasteiger partial charge in [0.1, 0.15) is 0 Å². The highest BCUT2D eigenvalue weighted by Gasteiger charge is 2.22. The Balaban J connectivity index is 2.16. The van der Waals surface area contributed by atoms with E-state index in [4.69, 9.17) is 0 Å². The fourth-order valence-electron chi connectivity index (χ4n) is 2.64. The lowest BCUT2D eigenvalue weighted by Crippen LogP contribution is -2.29. The maximum Gasteiger partial charge on any atom is 0.227 e. The molecule has 102 valence electrons. The zero-order valence-electron chi connectivity index (χ0n) is 11.1. The number of aryl methyl sites for hydroxylation is 1. The number of carboxylic acids is 1. The van der Waals surface area contributed by atoms with Crippen molar-refractivity contribution < 1.29 is 14.7 Å². The molecule has 0 aromatic heterocycles. The van der Waals surface area contributed by atoms with Crippen molar-refractivity contribution in [3.8, 4) is 0 Å². The van der Waals surface area contributed by atoms with Crippen LogP contribution in [0.15, 0.2) is 18.2 Å². The monoisotopic (exact) mass is 260 g/mol. The van der Waals surface area contributed by atoms with E-state index in [1.807, 2.05) is 0 Å². The number of hydrogen-bond acceptors (Lipinski definition) is 3. The third-order valence-electron chi connectivity index (χ3n) is 3.71. The third-order valence-corrected chi connectivity index (χ3v) is 3.71. The summed E-state index contributed by atoms with van der Waals surface area (Å²) in [5.74, 6) is -1.33. The number of benzene rings is 1. The van der Waals surface area contributed by atoms with Crippen LogP contribution < -0.4 is 10.4 Å². The number of hydrogen-bond donors (Lipinski definition) is 1. The zero-order valence-corrected chi connectivity index (χ0v) is 11.1. The highest BCUT2D eigenvalue weighted by molar-refractivity contribution is 6.01. The van der Waals surface area contributed by atoms with Crippen LogP contribution in [0.25, 0.3) is 0 Å². The Morgan fingerprint density at radius 1 is 1.21 bits per heavy atom. The molecule has 1 aromatic carbocycles. The van der Waals surface area contributed by atoms with Gasteiger partial charge in [0.25, 0.3) is 0 Å². The molecule has 1 aromatic rings. The molecule has 19 heavy (non-hydrogen) atoms. The standard InChI is InChI=1S/C15H19NO3/c1-10-6-5-9-12(13(10)15(18)19)16-14(17)11-7-3-2-4-8-11/h5-6,9,11H,2-4,7-8H2,1H3,(H,16,17)(H,18,19)/p-1. The second-order valence-corrected chi connectivity index (χ2v) is 5.11. The van der Waals surface area contributed by atoms with Crippen molar-refractivity contribution in [1.29, 1.82) is 0 Å². The molecule has 4 nitrogen and oxygen atoms in total. The second-order valence-electron chi connectivity index (χ2n) is 5.11. The van der Waals surface area contributed by atoms with Crippen molar-refractivity contribution in [2.24, 2.45) is 5.92 Å². The van der Waals surface area contributed by atoms with Gasteiger partial charge >= 0.3 is 0 Å². The molecule has 0 radical (unpaired) electrons. The summed E-state index contributed by atoms with van der Waals surface area (Å²) in [7, 11) is 0. The molecule has 1 aliphatic rings. The number of nitrogens with one attached hydrogen (secondary N) is 1. The smallest absolute Gasteiger partial charge is 0.227 e. The fourth-order valence-corrected chi connectivity index (χ4v) is 2.64. The van der Waals surface area contributed by atoms with Crippen molar-refractivity contribution in [2.45, 2.75) is 39.0 Å². The van der Waals surface area contributed by atoms with E-state index < -0.39 is 5.97 Å². The first-order chi connectivity index (χ1) is 9.09. The summed E-state index contributed by atoms with van der Waals surface area (Å²) in [5.41, 5.74) is 1.02. The predicted octanol–water partition coefficient (Wildman–Crippen LogP) is 1.88. The van der Waals surface area contributed by atoms with Gasteiger partial charge in [0.2, 0.25) is 5.91 Å². The van der Waals surface area contributed by atoms with Crippen molar-refractivity contribution in [2.75, 3.05) is 5.32 Å². The molecule has 0 heterocycles. The largest absolute Gasteiger partial charge is 0.545 e. The molecule has 1 fully saturated rings. The van der Waals surface area contributed by atoms with Gasteiger partial charge in [-0.15, -0.1) is 0 Å². The predicted molar refractivity (Wildman–Crippen MR) is 70.7 cm³/mol. The molecule has 0 atom stereocenters. The highest BCUT2D eigenvalue weighted by atomic mass is 16.4. The topological polar surface area (TPSA) is 69.2 Å². The van der Waals surface area contributed by atoms with Gasteiger partial charge in [-0.2, -0.15) is 0 Å². The minimum Gasteiger partial charge on any atom is -0.545 e. The Kier molecular flexibility index (Phi) is 4.20. The molecule has 0 unspecified atom stereocenters. The van der Waals surface area contributed by atoms with Crippen molar-refractivity contribution in [3.05, 3.63) is 29.3 Å². The van der Waals surface area contributed by atoms with Crippen LogP contribution in [0, 0.1) is 12.8 Å². The minimum absolute atomic E-state index is 0.00358. The van der Waals surface area contributed by atoms with E-state index in [2.05, 4.69) is 5.32 Å². The van der Waals surface area contributed by atoms with Crippen molar-refractivity contribution in [3.63, 3.8) is 0 Å². The normalized spacial score (nSPS) is 16.1.